The molecular formula is C22H23N3O2. The first kappa shape index (κ1) is 18.6. The Labute approximate surface area is 159 Å². The minimum absolute atomic E-state index is 0.0614. The van der Waals surface area contributed by atoms with Crippen LogP contribution in [0.2, 0.25) is 0 Å². The summed E-state index contributed by atoms with van der Waals surface area (Å²) in [6.45, 7) is 8.64. The first-order valence-corrected chi connectivity index (χ1v) is 8.94. The summed E-state index contributed by atoms with van der Waals surface area (Å²) in [4.78, 5) is 10.3. The molecule has 0 heterocycles. The summed E-state index contributed by atoms with van der Waals surface area (Å²) in [7, 11) is 0. The zero-order chi connectivity index (χ0) is 19.6. The summed E-state index contributed by atoms with van der Waals surface area (Å²) < 4.78 is 0. The summed E-state index contributed by atoms with van der Waals surface area (Å²) >= 11 is 0. The van der Waals surface area contributed by atoms with Crippen LogP contribution in [-0.2, 0) is 0 Å². The number of hydrogen-bond donors (Lipinski definition) is 1. The van der Waals surface area contributed by atoms with Crippen LogP contribution in [0.3, 0.4) is 0 Å². The number of nitrogens with zero attached hydrogens (tertiary/aromatic N) is 2. The van der Waals surface area contributed by atoms with Gasteiger partial charge in [0, 0.05) is 17.7 Å². The van der Waals surface area contributed by atoms with Gasteiger partial charge in [0.2, 0.25) is 0 Å². The SMILES string of the molecule is Cc1cc(C=NNc2ccc([N+](=O)[O-])cc2)c2c(C)ccc(C(C)C)cc1-2. The molecule has 2 aliphatic rings. The number of aryl methyl sites for hydroxylation is 2. The maximum atomic E-state index is 10.7. The van der Waals surface area contributed by atoms with Crippen LogP contribution in [0.5, 0.6) is 0 Å². The molecule has 1 N–H and O–H groups in total. The zero-order valence-corrected chi connectivity index (χ0v) is 16.0. The molecule has 0 radical (unpaired) electrons. The maximum Gasteiger partial charge on any atom is 0.269 e. The highest BCUT2D eigenvalue weighted by atomic mass is 16.6. The van der Waals surface area contributed by atoms with E-state index < -0.39 is 4.92 Å². The average molecular weight is 361 g/mol. The van der Waals surface area contributed by atoms with Gasteiger partial charge in [-0.3, -0.25) is 15.5 Å². The van der Waals surface area contributed by atoms with Crippen LogP contribution >= 0.6 is 0 Å². The second-order valence-electron chi connectivity index (χ2n) is 7.06. The lowest BCUT2D eigenvalue weighted by Gasteiger charge is -2.04. The predicted octanol–water partition coefficient (Wildman–Crippen LogP) is 5.89. The van der Waals surface area contributed by atoms with Crippen molar-refractivity contribution in [2.24, 2.45) is 5.10 Å². The van der Waals surface area contributed by atoms with Gasteiger partial charge in [-0.1, -0.05) is 32.0 Å². The second-order valence-corrected chi connectivity index (χ2v) is 7.06. The Balaban J connectivity index is 1.87. The number of non-ortho nitro benzene ring substituents is 1. The molecule has 138 valence electrons. The van der Waals surface area contributed by atoms with Crippen molar-refractivity contribution >= 4 is 17.6 Å². The number of hydrogen-bond acceptors (Lipinski definition) is 4. The van der Waals surface area contributed by atoms with Gasteiger partial charge < -0.3 is 0 Å². The molecule has 27 heavy (non-hydrogen) atoms. The smallest absolute Gasteiger partial charge is 0.269 e. The zero-order valence-electron chi connectivity index (χ0n) is 16.0. The highest BCUT2D eigenvalue weighted by Crippen LogP contribution is 2.35. The number of fused-ring (bicyclic) bond motifs is 1. The fourth-order valence-corrected chi connectivity index (χ4v) is 3.18. The van der Waals surface area contributed by atoms with Crippen molar-refractivity contribution in [3.8, 4) is 11.1 Å². The first-order valence-electron chi connectivity index (χ1n) is 8.94. The van der Waals surface area contributed by atoms with E-state index in [4.69, 9.17) is 0 Å². The molecule has 0 saturated carbocycles. The molecule has 0 bridgehead atoms. The van der Waals surface area contributed by atoms with Gasteiger partial charge in [0.25, 0.3) is 5.69 Å². The highest BCUT2D eigenvalue weighted by Gasteiger charge is 2.15. The summed E-state index contributed by atoms with van der Waals surface area (Å²) in [5.41, 5.74) is 11.0. The van der Waals surface area contributed by atoms with E-state index >= 15 is 0 Å². The summed E-state index contributed by atoms with van der Waals surface area (Å²) in [5, 5.41) is 15.0. The van der Waals surface area contributed by atoms with E-state index in [-0.39, 0.29) is 5.69 Å². The Morgan fingerprint density at radius 1 is 1.04 bits per heavy atom. The van der Waals surface area contributed by atoms with Gasteiger partial charge >= 0.3 is 0 Å². The summed E-state index contributed by atoms with van der Waals surface area (Å²) in [6, 6.07) is 15.0. The topological polar surface area (TPSA) is 67.5 Å². The van der Waals surface area contributed by atoms with E-state index in [0.717, 1.165) is 5.56 Å². The summed E-state index contributed by atoms with van der Waals surface area (Å²) in [5.74, 6) is 0.468. The molecule has 0 spiro atoms. The van der Waals surface area contributed by atoms with Crippen LogP contribution in [0, 0.1) is 24.0 Å². The third kappa shape index (κ3) is 3.97. The molecule has 0 unspecified atom stereocenters. The van der Waals surface area contributed by atoms with Crippen LogP contribution in [0.4, 0.5) is 11.4 Å². The van der Waals surface area contributed by atoms with E-state index in [1.807, 2.05) is 0 Å². The normalized spacial score (nSPS) is 11.4. The van der Waals surface area contributed by atoms with Crippen molar-refractivity contribution in [3.63, 3.8) is 0 Å². The van der Waals surface area contributed by atoms with Crippen LogP contribution in [-0.4, -0.2) is 11.1 Å². The van der Waals surface area contributed by atoms with Crippen molar-refractivity contribution in [1.29, 1.82) is 0 Å². The molecule has 1 aromatic rings. The first-order chi connectivity index (χ1) is 12.9. The van der Waals surface area contributed by atoms with Crippen molar-refractivity contribution in [3.05, 3.63) is 80.9 Å². The van der Waals surface area contributed by atoms with Gasteiger partial charge in [-0.05, 0) is 65.8 Å². The largest absolute Gasteiger partial charge is 0.278 e. The van der Waals surface area contributed by atoms with E-state index in [2.05, 4.69) is 62.5 Å². The maximum absolute atomic E-state index is 10.7. The average Bonchev–Trinajstić information content (AvgIpc) is 2.82. The molecule has 0 amide bonds. The molecule has 0 saturated heterocycles. The van der Waals surface area contributed by atoms with Gasteiger partial charge in [-0.25, -0.2) is 0 Å². The predicted molar refractivity (Wildman–Crippen MR) is 111 cm³/mol. The Hall–Kier alpha value is -3.21. The molecule has 1 aromatic carbocycles. The molecule has 3 rings (SSSR count). The van der Waals surface area contributed by atoms with Gasteiger partial charge in [0.05, 0.1) is 16.8 Å². The third-order valence-corrected chi connectivity index (χ3v) is 4.73. The minimum atomic E-state index is -0.417. The van der Waals surface area contributed by atoms with Crippen molar-refractivity contribution in [1.82, 2.24) is 0 Å². The fraction of sp³-hybridized carbons (Fsp3) is 0.227. The number of nitrogens with one attached hydrogen (secondary N) is 1. The van der Waals surface area contributed by atoms with Gasteiger partial charge in [0.1, 0.15) is 0 Å². The fourth-order valence-electron chi connectivity index (χ4n) is 3.18. The van der Waals surface area contributed by atoms with E-state index in [1.54, 1.807) is 18.3 Å². The van der Waals surface area contributed by atoms with Gasteiger partial charge in [0.15, 0.2) is 0 Å². The van der Waals surface area contributed by atoms with E-state index in [0.29, 0.717) is 11.6 Å². The van der Waals surface area contributed by atoms with E-state index in [1.165, 1.54) is 39.9 Å². The molecular weight excluding hydrogens is 338 g/mol. The monoisotopic (exact) mass is 361 g/mol. The van der Waals surface area contributed by atoms with Crippen molar-refractivity contribution in [2.45, 2.75) is 33.6 Å². The molecule has 5 heteroatoms. The van der Waals surface area contributed by atoms with Crippen molar-refractivity contribution in [2.75, 3.05) is 5.43 Å². The number of nitro benzene ring substituents is 1. The Morgan fingerprint density at radius 2 is 1.74 bits per heavy atom. The van der Waals surface area contributed by atoms with Crippen LogP contribution < -0.4 is 5.43 Å². The lowest BCUT2D eigenvalue weighted by molar-refractivity contribution is -0.384. The molecule has 0 aliphatic heterocycles. The standard InChI is InChI=1S/C22H23N3O2/c1-14(2)17-6-5-15(3)22-18(11-16(4)21(22)12-17)13-23-24-19-7-9-20(10-8-19)25(26)27/h5-14,24H,1-4H3. The lowest BCUT2D eigenvalue weighted by atomic mass is 10.0. The molecule has 0 fully saturated rings. The van der Waals surface area contributed by atoms with Gasteiger partial charge in [-0.15, -0.1) is 0 Å². The number of anilines is 1. The molecule has 0 aromatic heterocycles. The lowest BCUT2D eigenvalue weighted by Crippen LogP contribution is -1.92. The second kappa shape index (κ2) is 7.58. The highest BCUT2D eigenvalue weighted by molar-refractivity contribution is 5.95. The van der Waals surface area contributed by atoms with Crippen LogP contribution in [0.25, 0.3) is 11.1 Å². The Morgan fingerprint density at radius 3 is 2.37 bits per heavy atom. The summed E-state index contributed by atoms with van der Waals surface area (Å²) in [6.07, 6.45) is 1.80. The van der Waals surface area contributed by atoms with E-state index in [9.17, 15) is 10.1 Å². The number of rotatable bonds is 5. The number of benzene rings is 1. The Kier molecular flexibility index (Phi) is 5.21. The molecule has 0 atom stereocenters. The minimum Gasteiger partial charge on any atom is -0.278 e. The Bertz CT molecular complexity index is 976. The van der Waals surface area contributed by atoms with Crippen molar-refractivity contribution < 1.29 is 4.92 Å². The third-order valence-electron chi connectivity index (χ3n) is 4.73. The number of nitro groups is 1. The van der Waals surface area contributed by atoms with Crippen LogP contribution in [0.1, 0.15) is 42.0 Å². The number of hydrazone groups is 1. The quantitative estimate of drug-likeness (QED) is 0.350. The van der Waals surface area contributed by atoms with Gasteiger partial charge in [-0.2, -0.15) is 5.10 Å². The van der Waals surface area contributed by atoms with Crippen LogP contribution in [0.15, 0.2) is 53.6 Å². The molecule has 2 aliphatic carbocycles. The molecule has 5 nitrogen and oxygen atoms in total.